The van der Waals surface area contributed by atoms with Crippen LogP contribution in [0.15, 0.2) is 36.4 Å². The summed E-state index contributed by atoms with van der Waals surface area (Å²) in [6.45, 7) is 0.985. The molecular formula is C26H34ClN2O5+. The molecule has 184 valence electrons. The first-order chi connectivity index (χ1) is 16.4. The lowest BCUT2D eigenvalue weighted by Gasteiger charge is -2.50. The Kier molecular flexibility index (Phi) is 7.55. The van der Waals surface area contributed by atoms with Crippen LogP contribution in [0.1, 0.15) is 43.7 Å². The Morgan fingerprint density at radius 1 is 1.09 bits per heavy atom. The fraction of sp³-hybridized carbons (Fsp3) is 0.500. The summed E-state index contributed by atoms with van der Waals surface area (Å²) in [5.74, 6) is 1.65. The van der Waals surface area contributed by atoms with Gasteiger partial charge in [0.05, 0.1) is 33.5 Å². The molecule has 0 bridgehead atoms. The van der Waals surface area contributed by atoms with E-state index >= 15 is 0 Å². The number of rotatable bonds is 7. The summed E-state index contributed by atoms with van der Waals surface area (Å²) >= 11 is 5.97. The minimum Gasteiger partial charge on any atom is -0.493 e. The van der Waals surface area contributed by atoms with E-state index in [1.54, 1.807) is 45.6 Å². The minimum atomic E-state index is -0.723. The van der Waals surface area contributed by atoms with Crippen molar-refractivity contribution in [3.63, 3.8) is 0 Å². The fourth-order valence-electron chi connectivity index (χ4n) is 5.75. The molecule has 2 aromatic rings. The predicted octanol–water partition coefficient (Wildman–Crippen LogP) is 3.26. The van der Waals surface area contributed by atoms with Gasteiger partial charge in [-0.05, 0) is 49.2 Å². The molecule has 1 heterocycles. The Morgan fingerprint density at radius 3 is 2.38 bits per heavy atom. The number of likely N-dealkylation sites (tertiary alicyclic amines) is 1. The molecule has 0 spiro atoms. The van der Waals surface area contributed by atoms with Crippen molar-refractivity contribution in [3.05, 3.63) is 47.0 Å². The van der Waals surface area contributed by atoms with E-state index in [-0.39, 0.29) is 24.4 Å². The first kappa shape index (κ1) is 24.6. The number of benzene rings is 2. The lowest BCUT2D eigenvalue weighted by molar-refractivity contribution is -0.937. The Labute approximate surface area is 205 Å². The van der Waals surface area contributed by atoms with Gasteiger partial charge < -0.3 is 29.5 Å². The maximum absolute atomic E-state index is 13.0. The van der Waals surface area contributed by atoms with Gasteiger partial charge in [-0.2, -0.15) is 0 Å². The van der Waals surface area contributed by atoms with Crippen LogP contribution in [0.25, 0.3) is 0 Å². The molecular weight excluding hydrogens is 456 g/mol. The first-order valence-electron chi connectivity index (χ1n) is 11.8. The number of fused-ring (bicyclic) bond motifs is 1. The number of quaternary nitrogens is 1. The largest absolute Gasteiger partial charge is 0.493 e. The summed E-state index contributed by atoms with van der Waals surface area (Å²) < 4.78 is 16.7. The van der Waals surface area contributed by atoms with E-state index in [0.717, 1.165) is 36.1 Å². The Hall–Kier alpha value is -2.48. The molecule has 8 heteroatoms. The number of ether oxygens (including phenoxy) is 3. The molecule has 1 saturated carbocycles. The normalized spacial score (nSPS) is 26.3. The van der Waals surface area contributed by atoms with Crippen LogP contribution in [0.5, 0.6) is 17.2 Å². The number of carbonyl (C=O) groups is 1. The molecule has 4 rings (SSSR count). The second-order valence-corrected chi connectivity index (χ2v) is 9.72. The number of nitrogens with one attached hydrogen (secondary N) is 2. The molecule has 1 saturated heterocycles. The lowest BCUT2D eigenvalue weighted by Crippen LogP contribution is -3.16. The second kappa shape index (κ2) is 10.4. The van der Waals surface area contributed by atoms with E-state index in [0.29, 0.717) is 40.9 Å². The van der Waals surface area contributed by atoms with Crippen LogP contribution in [0.4, 0.5) is 5.69 Å². The maximum atomic E-state index is 13.0. The van der Waals surface area contributed by atoms with Crippen molar-refractivity contribution in [1.82, 2.24) is 0 Å². The van der Waals surface area contributed by atoms with E-state index in [1.807, 2.05) is 12.1 Å². The number of carbonyl (C=O) groups excluding carboxylic acids is 1. The summed E-state index contributed by atoms with van der Waals surface area (Å²) in [6.07, 6.45) is 4.49. The van der Waals surface area contributed by atoms with Crippen LogP contribution in [0.2, 0.25) is 5.02 Å². The molecule has 34 heavy (non-hydrogen) atoms. The Bertz CT molecular complexity index is 990. The minimum absolute atomic E-state index is 0.0381. The summed E-state index contributed by atoms with van der Waals surface area (Å²) in [5.41, 5.74) is 0.970. The van der Waals surface area contributed by atoms with Crippen molar-refractivity contribution in [2.24, 2.45) is 5.92 Å². The third kappa shape index (κ3) is 4.97. The van der Waals surface area contributed by atoms with Crippen molar-refractivity contribution in [3.8, 4) is 17.2 Å². The SMILES string of the molecule is COc1cc([C@@H]2[C@@H]3CCCC[C@@]3(O)CC[NH+]2CC(=O)Nc2ccc(Cl)cc2)cc(OC)c1OC. The van der Waals surface area contributed by atoms with Crippen molar-refractivity contribution in [2.75, 3.05) is 39.7 Å². The monoisotopic (exact) mass is 489 g/mol. The van der Waals surface area contributed by atoms with E-state index in [4.69, 9.17) is 25.8 Å². The highest BCUT2D eigenvalue weighted by atomic mass is 35.5. The maximum Gasteiger partial charge on any atom is 0.279 e. The lowest BCUT2D eigenvalue weighted by atomic mass is 9.66. The van der Waals surface area contributed by atoms with Crippen LogP contribution in [0.3, 0.4) is 0 Å². The Morgan fingerprint density at radius 2 is 1.76 bits per heavy atom. The number of piperidine rings is 1. The highest BCUT2D eigenvalue weighted by Crippen LogP contribution is 2.47. The van der Waals surface area contributed by atoms with Gasteiger partial charge in [0, 0.05) is 28.6 Å². The summed E-state index contributed by atoms with van der Waals surface area (Å²) in [4.78, 5) is 14.2. The number of anilines is 1. The van der Waals surface area contributed by atoms with E-state index < -0.39 is 5.60 Å². The topological polar surface area (TPSA) is 81.5 Å². The van der Waals surface area contributed by atoms with Gasteiger partial charge in [0.15, 0.2) is 18.0 Å². The van der Waals surface area contributed by atoms with E-state index in [9.17, 15) is 9.90 Å². The van der Waals surface area contributed by atoms with Crippen molar-refractivity contribution in [2.45, 2.75) is 43.7 Å². The molecule has 2 aliphatic rings. The molecule has 2 fully saturated rings. The molecule has 0 aromatic heterocycles. The van der Waals surface area contributed by atoms with Crippen molar-refractivity contribution >= 4 is 23.2 Å². The quantitative estimate of drug-likeness (QED) is 0.556. The van der Waals surface area contributed by atoms with Gasteiger partial charge in [0.1, 0.15) is 6.04 Å². The highest BCUT2D eigenvalue weighted by Gasteiger charge is 2.52. The predicted molar refractivity (Wildman–Crippen MR) is 131 cm³/mol. The van der Waals surface area contributed by atoms with Crippen LogP contribution >= 0.6 is 11.6 Å². The highest BCUT2D eigenvalue weighted by molar-refractivity contribution is 6.30. The van der Waals surface area contributed by atoms with Gasteiger partial charge in [0.2, 0.25) is 5.75 Å². The van der Waals surface area contributed by atoms with Gasteiger partial charge in [-0.1, -0.05) is 24.4 Å². The molecule has 1 aliphatic carbocycles. The number of aliphatic hydroxyl groups is 1. The van der Waals surface area contributed by atoms with Crippen molar-refractivity contribution in [1.29, 1.82) is 0 Å². The second-order valence-electron chi connectivity index (χ2n) is 9.28. The zero-order chi connectivity index (χ0) is 24.3. The van der Waals surface area contributed by atoms with Gasteiger partial charge >= 0.3 is 0 Å². The third-order valence-corrected chi connectivity index (χ3v) is 7.60. The zero-order valence-corrected chi connectivity index (χ0v) is 20.8. The number of hydrogen-bond donors (Lipinski definition) is 3. The number of hydrogen-bond acceptors (Lipinski definition) is 5. The standard InChI is InChI=1S/C26H33ClN2O5/c1-32-21-14-17(15-22(33-2)25(21)34-3)24-20-6-4-5-11-26(20,31)12-13-29(24)16-23(30)28-19-9-7-18(27)8-10-19/h7-10,14-15,20,24,31H,4-6,11-13,16H2,1-3H3,(H,28,30)/p+1/t20-,24+,26+/m0/s1. The molecule has 4 atom stereocenters. The molecule has 0 radical (unpaired) electrons. The molecule has 3 N–H and O–H groups in total. The fourth-order valence-corrected chi connectivity index (χ4v) is 5.87. The van der Waals surface area contributed by atoms with Gasteiger partial charge in [0.25, 0.3) is 5.91 Å². The van der Waals surface area contributed by atoms with Crippen LogP contribution in [-0.2, 0) is 4.79 Å². The summed E-state index contributed by atoms with van der Waals surface area (Å²) in [7, 11) is 4.78. The number of amides is 1. The molecule has 1 aliphatic heterocycles. The number of halogens is 1. The van der Waals surface area contributed by atoms with Crippen molar-refractivity contribution < 1.29 is 29.0 Å². The average Bonchev–Trinajstić information content (AvgIpc) is 2.84. The van der Waals surface area contributed by atoms with Crippen LogP contribution in [-0.4, -0.2) is 51.0 Å². The first-order valence-corrected chi connectivity index (χ1v) is 12.2. The zero-order valence-electron chi connectivity index (χ0n) is 20.0. The third-order valence-electron chi connectivity index (χ3n) is 7.35. The molecule has 1 unspecified atom stereocenters. The smallest absolute Gasteiger partial charge is 0.279 e. The van der Waals surface area contributed by atoms with Gasteiger partial charge in [-0.3, -0.25) is 4.79 Å². The van der Waals surface area contributed by atoms with Gasteiger partial charge in [-0.25, -0.2) is 0 Å². The average molecular weight is 490 g/mol. The number of methoxy groups -OCH3 is 3. The van der Waals surface area contributed by atoms with E-state index in [1.165, 1.54) is 0 Å². The summed E-state index contributed by atoms with van der Waals surface area (Å²) in [5, 5.41) is 15.2. The molecule has 1 amide bonds. The van der Waals surface area contributed by atoms with E-state index in [2.05, 4.69) is 5.32 Å². The van der Waals surface area contributed by atoms with Crippen LogP contribution < -0.4 is 24.4 Å². The molecule has 7 nitrogen and oxygen atoms in total. The Balaban J connectivity index is 1.67. The molecule has 2 aromatic carbocycles. The van der Waals surface area contributed by atoms with Crippen LogP contribution in [0, 0.1) is 5.92 Å². The van der Waals surface area contributed by atoms with Gasteiger partial charge in [-0.15, -0.1) is 0 Å². The summed E-state index contributed by atoms with van der Waals surface area (Å²) in [6, 6.07) is 10.9.